The van der Waals surface area contributed by atoms with E-state index in [1.807, 2.05) is 48.5 Å². The molecule has 2 amide bonds. The van der Waals surface area contributed by atoms with Gasteiger partial charge in [-0.3, -0.25) is 19.6 Å². The SMILES string of the molecule is O=C(Cc1ccc(CC(=O)NCc2ccccn2)[nH]1)NCc1ccccn1. The van der Waals surface area contributed by atoms with Gasteiger partial charge in [0.2, 0.25) is 11.8 Å². The molecule has 0 atom stereocenters. The van der Waals surface area contributed by atoms with Crippen molar-refractivity contribution in [2.24, 2.45) is 0 Å². The molecule has 3 N–H and O–H groups in total. The molecular formula is C20H21N5O2. The molecule has 0 spiro atoms. The molecule has 0 aliphatic heterocycles. The third kappa shape index (κ3) is 6.07. The number of amides is 2. The van der Waals surface area contributed by atoms with Crippen molar-refractivity contribution in [3.63, 3.8) is 0 Å². The Morgan fingerprint density at radius 3 is 1.63 bits per heavy atom. The van der Waals surface area contributed by atoms with Gasteiger partial charge in [-0.05, 0) is 36.4 Å². The van der Waals surface area contributed by atoms with Crippen LogP contribution in [0.2, 0.25) is 0 Å². The van der Waals surface area contributed by atoms with Gasteiger partial charge in [-0.1, -0.05) is 12.1 Å². The molecule has 7 heteroatoms. The van der Waals surface area contributed by atoms with Crippen molar-refractivity contribution >= 4 is 11.8 Å². The lowest BCUT2D eigenvalue weighted by atomic mass is 10.3. The van der Waals surface area contributed by atoms with Crippen molar-refractivity contribution in [2.75, 3.05) is 0 Å². The second-order valence-electron chi connectivity index (χ2n) is 6.06. The Balaban J connectivity index is 1.42. The summed E-state index contributed by atoms with van der Waals surface area (Å²) in [4.78, 5) is 35.5. The molecule has 27 heavy (non-hydrogen) atoms. The quantitative estimate of drug-likeness (QED) is 0.565. The molecule has 7 nitrogen and oxygen atoms in total. The summed E-state index contributed by atoms with van der Waals surface area (Å²) in [6, 6.07) is 14.8. The van der Waals surface area contributed by atoms with Gasteiger partial charge in [0.1, 0.15) is 0 Å². The highest BCUT2D eigenvalue weighted by Gasteiger charge is 2.09. The molecular weight excluding hydrogens is 342 g/mol. The van der Waals surface area contributed by atoms with Crippen LogP contribution in [0.25, 0.3) is 0 Å². The number of H-pyrrole nitrogens is 1. The molecule has 0 unspecified atom stereocenters. The van der Waals surface area contributed by atoms with Crippen LogP contribution < -0.4 is 10.6 Å². The van der Waals surface area contributed by atoms with Crippen molar-refractivity contribution in [2.45, 2.75) is 25.9 Å². The van der Waals surface area contributed by atoms with Crippen molar-refractivity contribution in [1.29, 1.82) is 0 Å². The first kappa shape index (κ1) is 18.3. The van der Waals surface area contributed by atoms with Crippen LogP contribution in [-0.4, -0.2) is 26.8 Å². The number of rotatable bonds is 8. The zero-order chi connectivity index (χ0) is 18.9. The molecule has 0 fully saturated rings. The fraction of sp³-hybridized carbons (Fsp3) is 0.200. The largest absolute Gasteiger partial charge is 0.361 e. The fourth-order valence-corrected chi connectivity index (χ4v) is 2.55. The third-order valence-corrected chi connectivity index (χ3v) is 3.89. The molecule has 3 aromatic heterocycles. The van der Waals surface area contributed by atoms with Crippen LogP contribution in [0.4, 0.5) is 0 Å². The summed E-state index contributed by atoms with van der Waals surface area (Å²) in [5, 5.41) is 5.66. The van der Waals surface area contributed by atoms with Gasteiger partial charge in [0, 0.05) is 23.8 Å². The third-order valence-electron chi connectivity index (χ3n) is 3.89. The first-order chi connectivity index (χ1) is 13.2. The topological polar surface area (TPSA) is 99.8 Å². The molecule has 3 aromatic rings. The van der Waals surface area contributed by atoms with Crippen LogP contribution in [0, 0.1) is 0 Å². The molecule has 0 aliphatic rings. The maximum absolute atomic E-state index is 12.0. The van der Waals surface area contributed by atoms with Gasteiger partial charge in [-0.15, -0.1) is 0 Å². The second-order valence-corrected chi connectivity index (χ2v) is 6.06. The van der Waals surface area contributed by atoms with Crippen molar-refractivity contribution in [3.8, 4) is 0 Å². The van der Waals surface area contributed by atoms with E-state index in [-0.39, 0.29) is 24.7 Å². The van der Waals surface area contributed by atoms with Crippen LogP contribution >= 0.6 is 0 Å². The number of carbonyl (C=O) groups excluding carboxylic acids is 2. The minimum Gasteiger partial charge on any atom is -0.361 e. The molecule has 0 aromatic carbocycles. The number of nitrogens with zero attached hydrogens (tertiary/aromatic N) is 2. The second kappa shape index (κ2) is 9.28. The van der Waals surface area contributed by atoms with Gasteiger partial charge < -0.3 is 15.6 Å². The Kier molecular flexibility index (Phi) is 6.30. The predicted octanol–water partition coefficient (Wildman–Crippen LogP) is 1.52. The summed E-state index contributed by atoms with van der Waals surface area (Å²) in [6.45, 7) is 0.784. The lowest BCUT2D eigenvalue weighted by molar-refractivity contribution is -0.121. The molecule has 3 heterocycles. The van der Waals surface area contributed by atoms with Crippen LogP contribution in [0.15, 0.2) is 60.9 Å². The van der Waals surface area contributed by atoms with E-state index in [4.69, 9.17) is 0 Å². The number of carbonyl (C=O) groups is 2. The van der Waals surface area contributed by atoms with Crippen molar-refractivity contribution in [1.82, 2.24) is 25.6 Å². The Hall–Kier alpha value is -3.48. The predicted molar refractivity (Wildman–Crippen MR) is 100 cm³/mol. The first-order valence-electron chi connectivity index (χ1n) is 8.69. The summed E-state index contributed by atoms with van der Waals surface area (Å²) in [5.41, 5.74) is 3.15. The Bertz CT molecular complexity index is 806. The van der Waals surface area contributed by atoms with Crippen LogP contribution in [0.1, 0.15) is 22.8 Å². The zero-order valence-electron chi connectivity index (χ0n) is 14.8. The fourth-order valence-electron chi connectivity index (χ4n) is 2.55. The Morgan fingerprint density at radius 2 is 1.22 bits per heavy atom. The number of hydrogen-bond donors (Lipinski definition) is 3. The van der Waals surface area contributed by atoms with E-state index in [2.05, 4.69) is 25.6 Å². The van der Waals surface area contributed by atoms with Crippen LogP contribution in [0.3, 0.4) is 0 Å². The van der Waals surface area contributed by atoms with E-state index in [9.17, 15) is 9.59 Å². The number of aromatic amines is 1. The molecule has 0 saturated carbocycles. The molecule has 3 rings (SSSR count). The molecule has 0 aliphatic carbocycles. The van der Waals surface area contributed by atoms with Crippen molar-refractivity contribution < 1.29 is 9.59 Å². The average Bonchev–Trinajstić information content (AvgIpc) is 3.13. The van der Waals surface area contributed by atoms with E-state index < -0.39 is 0 Å². The molecule has 138 valence electrons. The van der Waals surface area contributed by atoms with E-state index in [0.717, 1.165) is 22.8 Å². The summed E-state index contributed by atoms with van der Waals surface area (Å²) < 4.78 is 0. The van der Waals surface area contributed by atoms with Gasteiger partial charge in [-0.2, -0.15) is 0 Å². The molecule has 0 saturated heterocycles. The minimum absolute atomic E-state index is 0.103. The number of aromatic nitrogens is 3. The highest BCUT2D eigenvalue weighted by molar-refractivity contribution is 5.79. The number of pyridine rings is 2. The van der Waals surface area contributed by atoms with Crippen LogP contribution in [-0.2, 0) is 35.5 Å². The summed E-state index contributed by atoms with van der Waals surface area (Å²) in [5.74, 6) is -0.206. The van der Waals surface area contributed by atoms with Gasteiger partial charge >= 0.3 is 0 Å². The summed E-state index contributed by atoms with van der Waals surface area (Å²) in [6.07, 6.45) is 3.83. The monoisotopic (exact) mass is 363 g/mol. The average molecular weight is 363 g/mol. The normalized spacial score (nSPS) is 10.4. The van der Waals surface area contributed by atoms with Crippen LogP contribution in [0.5, 0.6) is 0 Å². The van der Waals surface area contributed by atoms with Gasteiger partial charge in [-0.25, -0.2) is 0 Å². The van der Waals surface area contributed by atoms with E-state index in [0.29, 0.717) is 13.1 Å². The molecule has 0 bridgehead atoms. The number of hydrogen-bond acceptors (Lipinski definition) is 4. The van der Waals surface area contributed by atoms with Gasteiger partial charge in [0.15, 0.2) is 0 Å². The van der Waals surface area contributed by atoms with Gasteiger partial charge in [0.25, 0.3) is 0 Å². The lowest BCUT2D eigenvalue weighted by Crippen LogP contribution is -2.25. The first-order valence-corrected chi connectivity index (χ1v) is 8.69. The highest BCUT2D eigenvalue weighted by Crippen LogP contribution is 2.04. The zero-order valence-corrected chi connectivity index (χ0v) is 14.8. The van der Waals surface area contributed by atoms with E-state index >= 15 is 0 Å². The summed E-state index contributed by atoms with van der Waals surface area (Å²) in [7, 11) is 0. The number of nitrogens with one attached hydrogen (secondary N) is 3. The Labute approximate surface area is 157 Å². The van der Waals surface area contributed by atoms with E-state index in [1.165, 1.54) is 0 Å². The van der Waals surface area contributed by atoms with E-state index in [1.54, 1.807) is 12.4 Å². The minimum atomic E-state index is -0.103. The summed E-state index contributed by atoms with van der Waals surface area (Å²) >= 11 is 0. The lowest BCUT2D eigenvalue weighted by Gasteiger charge is -2.05. The molecule has 0 radical (unpaired) electrons. The smallest absolute Gasteiger partial charge is 0.226 e. The van der Waals surface area contributed by atoms with Gasteiger partial charge in [0.05, 0.1) is 37.3 Å². The highest BCUT2D eigenvalue weighted by atomic mass is 16.2. The Morgan fingerprint density at radius 1 is 0.741 bits per heavy atom. The van der Waals surface area contributed by atoms with Crippen molar-refractivity contribution in [3.05, 3.63) is 83.7 Å². The standard InChI is InChI=1S/C20H21N5O2/c26-19(23-13-17-5-1-3-9-21-17)11-15-7-8-16(25-15)12-20(27)24-14-18-6-2-4-10-22-18/h1-10,25H,11-14H2,(H,23,26)(H,24,27). The maximum atomic E-state index is 12.0. The maximum Gasteiger partial charge on any atom is 0.226 e.